The Kier molecular flexibility index (Phi) is 2.50. The Hall–Kier alpha value is -1.36. The highest BCUT2D eigenvalue weighted by molar-refractivity contribution is 9.10. The molecule has 1 atom stereocenters. The minimum Gasteiger partial charge on any atom is -0.478 e. The van der Waals surface area contributed by atoms with Gasteiger partial charge in [-0.05, 0) is 34.5 Å². The first kappa shape index (κ1) is 11.1. The largest absolute Gasteiger partial charge is 0.478 e. The summed E-state index contributed by atoms with van der Waals surface area (Å²) in [7, 11) is 0. The van der Waals surface area contributed by atoms with Gasteiger partial charge < -0.3 is 9.84 Å². The van der Waals surface area contributed by atoms with Gasteiger partial charge in [0, 0.05) is 10.9 Å². The van der Waals surface area contributed by atoms with E-state index in [2.05, 4.69) is 15.9 Å². The molecule has 1 aliphatic rings. The van der Waals surface area contributed by atoms with E-state index in [-0.39, 0.29) is 6.42 Å². The van der Waals surface area contributed by atoms with Crippen LogP contribution in [-0.2, 0) is 16.0 Å². The third-order valence-corrected chi connectivity index (χ3v) is 3.26. The fourth-order valence-electron chi connectivity index (χ4n) is 1.72. The zero-order valence-corrected chi connectivity index (χ0v) is 10.1. The number of hydrogen-bond acceptors (Lipinski definition) is 3. The lowest BCUT2D eigenvalue weighted by Gasteiger charge is -2.30. The van der Waals surface area contributed by atoms with Gasteiger partial charge in [0.05, 0.1) is 5.56 Å². The van der Waals surface area contributed by atoms with Gasteiger partial charge in [0.25, 0.3) is 0 Å². The van der Waals surface area contributed by atoms with E-state index < -0.39 is 17.5 Å². The number of benzene rings is 1. The Labute approximate surface area is 100 Å². The molecule has 16 heavy (non-hydrogen) atoms. The summed E-state index contributed by atoms with van der Waals surface area (Å²) in [5, 5.41) is 9.02. The van der Waals surface area contributed by atoms with E-state index in [1.165, 1.54) is 6.92 Å². The Morgan fingerprint density at radius 1 is 1.56 bits per heavy atom. The first-order chi connectivity index (χ1) is 7.44. The molecule has 2 rings (SSSR count). The van der Waals surface area contributed by atoms with Gasteiger partial charge >= 0.3 is 11.9 Å². The van der Waals surface area contributed by atoms with Crippen LogP contribution in [0.5, 0.6) is 0 Å². The molecule has 1 aromatic carbocycles. The summed E-state index contributed by atoms with van der Waals surface area (Å²) in [5.41, 5.74) is -0.359. The molecule has 0 radical (unpaired) electrons. The number of carboxylic acids is 1. The number of aliphatic carboxylic acids is 1. The highest BCUT2D eigenvalue weighted by Crippen LogP contribution is 2.32. The second kappa shape index (κ2) is 3.59. The van der Waals surface area contributed by atoms with Crippen LogP contribution in [0.2, 0.25) is 0 Å². The van der Waals surface area contributed by atoms with Gasteiger partial charge in [-0.1, -0.05) is 12.1 Å². The van der Waals surface area contributed by atoms with Gasteiger partial charge in [-0.3, -0.25) is 0 Å². The van der Waals surface area contributed by atoms with Crippen molar-refractivity contribution in [3.63, 3.8) is 0 Å². The number of carbonyl (C=O) groups is 2. The minimum atomic E-state index is -1.47. The van der Waals surface area contributed by atoms with Crippen LogP contribution in [0, 0.1) is 0 Å². The molecule has 1 N–H and O–H groups in total. The van der Waals surface area contributed by atoms with Gasteiger partial charge in [0.2, 0.25) is 5.60 Å². The lowest BCUT2D eigenvalue weighted by Crippen LogP contribution is -2.45. The zero-order valence-electron chi connectivity index (χ0n) is 8.49. The number of rotatable bonds is 1. The third kappa shape index (κ3) is 1.61. The number of hydrogen-bond donors (Lipinski definition) is 1. The van der Waals surface area contributed by atoms with Gasteiger partial charge in [-0.15, -0.1) is 0 Å². The minimum absolute atomic E-state index is 0.183. The molecular formula is C11H9BrO4. The van der Waals surface area contributed by atoms with Gasteiger partial charge in [-0.2, -0.15) is 0 Å². The summed E-state index contributed by atoms with van der Waals surface area (Å²) in [6.45, 7) is 1.40. The quantitative estimate of drug-likeness (QED) is 0.802. The highest BCUT2D eigenvalue weighted by Gasteiger charge is 2.43. The van der Waals surface area contributed by atoms with Crippen LogP contribution in [0.4, 0.5) is 0 Å². The predicted molar refractivity (Wildman–Crippen MR) is 59.3 cm³/mol. The number of carboxylic acid groups (broad SMARTS) is 1. The van der Waals surface area contributed by atoms with Crippen LogP contribution >= 0.6 is 15.9 Å². The first-order valence-electron chi connectivity index (χ1n) is 4.68. The molecule has 0 saturated carbocycles. The first-order valence-corrected chi connectivity index (χ1v) is 5.47. The fourth-order valence-corrected chi connectivity index (χ4v) is 2.29. The molecule has 0 aliphatic carbocycles. The summed E-state index contributed by atoms with van der Waals surface area (Å²) in [5.74, 6) is -1.73. The number of fused-ring (bicyclic) bond motifs is 1. The molecule has 0 saturated heterocycles. The van der Waals surface area contributed by atoms with Gasteiger partial charge in [0.1, 0.15) is 0 Å². The molecule has 0 amide bonds. The molecule has 84 valence electrons. The smallest absolute Gasteiger partial charge is 0.348 e. The van der Waals surface area contributed by atoms with Gasteiger partial charge in [0.15, 0.2) is 0 Å². The third-order valence-electron chi connectivity index (χ3n) is 2.60. The normalized spacial score (nSPS) is 23.5. The average molecular weight is 285 g/mol. The molecule has 0 aromatic heterocycles. The van der Waals surface area contributed by atoms with Crippen LogP contribution in [0.1, 0.15) is 22.8 Å². The van der Waals surface area contributed by atoms with E-state index in [0.717, 1.165) is 0 Å². The van der Waals surface area contributed by atoms with Crippen LogP contribution < -0.4 is 0 Å². The lowest BCUT2D eigenvalue weighted by molar-refractivity contribution is -0.158. The van der Waals surface area contributed by atoms with Crippen molar-refractivity contribution in [2.24, 2.45) is 0 Å². The maximum absolute atomic E-state index is 11.7. The van der Waals surface area contributed by atoms with Crippen molar-refractivity contribution in [2.45, 2.75) is 18.9 Å². The summed E-state index contributed by atoms with van der Waals surface area (Å²) in [6, 6.07) is 5.23. The molecule has 0 spiro atoms. The molecule has 5 heteroatoms. The summed E-state index contributed by atoms with van der Waals surface area (Å²) in [4.78, 5) is 22.7. The number of cyclic esters (lactones) is 1. The topological polar surface area (TPSA) is 63.6 Å². The van der Waals surface area contributed by atoms with Crippen LogP contribution in [0.3, 0.4) is 0 Å². The summed E-state index contributed by atoms with van der Waals surface area (Å²) in [6.07, 6.45) is 0.183. The van der Waals surface area contributed by atoms with Crippen LogP contribution in [-0.4, -0.2) is 22.6 Å². The van der Waals surface area contributed by atoms with Crippen molar-refractivity contribution in [1.29, 1.82) is 0 Å². The Morgan fingerprint density at radius 3 is 2.88 bits per heavy atom. The van der Waals surface area contributed by atoms with Crippen molar-refractivity contribution in [2.75, 3.05) is 0 Å². The highest BCUT2D eigenvalue weighted by atomic mass is 79.9. The van der Waals surface area contributed by atoms with E-state index >= 15 is 0 Å². The molecule has 4 nitrogen and oxygen atoms in total. The molecule has 1 unspecified atom stereocenters. The monoisotopic (exact) mass is 284 g/mol. The molecular weight excluding hydrogens is 276 g/mol. The number of carbonyl (C=O) groups excluding carboxylic acids is 1. The maximum Gasteiger partial charge on any atom is 0.348 e. The van der Waals surface area contributed by atoms with Crippen LogP contribution in [0.15, 0.2) is 22.7 Å². The number of halogens is 1. The van der Waals surface area contributed by atoms with E-state index in [1.54, 1.807) is 18.2 Å². The van der Waals surface area contributed by atoms with E-state index in [0.29, 0.717) is 15.6 Å². The molecule has 0 fully saturated rings. The Bertz CT molecular complexity index is 483. The Morgan fingerprint density at radius 2 is 2.25 bits per heavy atom. The fraction of sp³-hybridized carbons (Fsp3) is 0.273. The molecule has 0 bridgehead atoms. The standard InChI is InChI=1S/C11H9BrO4/c1-11(10(14)15)5-6-3-2-4-7(12)8(6)9(13)16-11/h2-4H,5H2,1H3,(H,14,15). The molecule has 1 heterocycles. The lowest BCUT2D eigenvalue weighted by atomic mass is 9.90. The zero-order chi connectivity index (χ0) is 11.9. The average Bonchev–Trinajstić information content (AvgIpc) is 2.16. The maximum atomic E-state index is 11.7. The van der Waals surface area contributed by atoms with Crippen molar-refractivity contribution in [3.05, 3.63) is 33.8 Å². The second-order valence-corrected chi connectivity index (χ2v) is 4.73. The van der Waals surface area contributed by atoms with E-state index in [1.807, 2.05) is 0 Å². The number of esters is 1. The molecule has 1 aliphatic heterocycles. The summed E-state index contributed by atoms with van der Waals surface area (Å²) < 4.78 is 5.60. The second-order valence-electron chi connectivity index (χ2n) is 3.88. The number of ether oxygens (including phenoxy) is 1. The van der Waals surface area contributed by atoms with Crippen molar-refractivity contribution >= 4 is 27.9 Å². The summed E-state index contributed by atoms with van der Waals surface area (Å²) >= 11 is 3.25. The Balaban J connectivity index is 2.53. The van der Waals surface area contributed by atoms with Crippen molar-refractivity contribution in [1.82, 2.24) is 0 Å². The predicted octanol–water partition coefficient (Wildman–Crippen LogP) is 2.01. The van der Waals surface area contributed by atoms with E-state index in [4.69, 9.17) is 9.84 Å². The van der Waals surface area contributed by atoms with Crippen molar-refractivity contribution < 1.29 is 19.4 Å². The van der Waals surface area contributed by atoms with Crippen molar-refractivity contribution in [3.8, 4) is 0 Å². The SMILES string of the molecule is CC1(C(=O)O)Cc2cccc(Br)c2C(=O)O1. The molecule has 1 aromatic rings. The van der Waals surface area contributed by atoms with Gasteiger partial charge in [-0.25, -0.2) is 9.59 Å². The van der Waals surface area contributed by atoms with E-state index in [9.17, 15) is 9.59 Å². The van der Waals surface area contributed by atoms with Crippen LogP contribution in [0.25, 0.3) is 0 Å².